The molecule has 0 saturated carbocycles. The molecule has 0 fully saturated rings. The zero-order chi connectivity index (χ0) is 21.0. The summed E-state index contributed by atoms with van der Waals surface area (Å²) >= 11 is 0. The van der Waals surface area contributed by atoms with Crippen molar-refractivity contribution in [3.63, 3.8) is 0 Å². The summed E-state index contributed by atoms with van der Waals surface area (Å²) in [4.78, 5) is 18.8. The Morgan fingerprint density at radius 3 is 2.76 bits per heavy atom. The molecule has 1 amide bonds. The molecule has 2 aromatic carbocycles. The number of ether oxygens (including phenoxy) is 1. The van der Waals surface area contributed by atoms with E-state index in [1.165, 1.54) is 16.5 Å². The van der Waals surface area contributed by atoms with Gasteiger partial charge in [0.1, 0.15) is 17.1 Å². The Balaban J connectivity index is 1.78. The van der Waals surface area contributed by atoms with Crippen LogP contribution in [0.1, 0.15) is 43.0 Å². The maximum atomic E-state index is 15.0. The number of rotatable bonds is 3. The SMILES string of the molecule is CN1C(=O)C(C)(C)[C@@](C)(c2cc(Cc3cccc4c3OCC4)ccc2F)N=C1N. The van der Waals surface area contributed by atoms with Crippen molar-refractivity contribution in [2.75, 3.05) is 13.7 Å². The minimum atomic E-state index is -1.12. The largest absolute Gasteiger partial charge is 0.493 e. The molecule has 6 heteroatoms. The molecule has 0 aliphatic carbocycles. The fourth-order valence-corrected chi connectivity index (χ4v) is 4.27. The fraction of sp³-hybridized carbons (Fsp3) is 0.391. The van der Waals surface area contributed by atoms with Crippen LogP contribution in [0, 0.1) is 11.2 Å². The van der Waals surface area contributed by atoms with Gasteiger partial charge < -0.3 is 10.5 Å². The number of nitrogens with two attached hydrogens (primary N) is 1. The molecule has 2 aliphatic rings. The Kier molecular flexibility index (Phi) is 4.41. The van der Waals surface area contributed by atoms with E-state index in [0.29, 0.717) is 18.6 Å². The van der Waals surface area contributed by atoms with Gasteiger partial charge in [0.2, 0.25) is 5.91 Å². The van der Waals surface area contributed by atoms with Crippen LogP contribution in [0.5, 0.6) is 5.75 Å². The van der Waals surface area contributed by atoms with Gasteiger partial charge in [0.25, 0.3) is 0 Å². The number of carbonyl (C=O) groups excluding carboxylic acids is 1. The van der Waals surface area contributed by atoms with Crippen LogP contribution < -0.4 is 10.5 Å². The molecule has 0 aromatic heterocycles. The third-order valence-electron chi connectivity index (χ3n) is 6.48. The molecule has 0 radical (unpaired) electrons. The van der Waals surface area contributed by atoms with Gasteiger partial charge in [-0.05, 0) is 43.5 Å². The summed E-state index contributed by atoms with van der Waals surface area (Å²) in [5, 5.41) is 0. The highest BCUT2D eigenvalue weighted by atomic mass is 19.1. The Labute approximate surface area is 170 Å². The van der Waals surface area contributed by atoms with Gasteiger partial charge in [-0.1, -0.05) is 30.3 Å². The first-order valence-corrected chi connectivity index (χ1v) is 9.81. The van der Waals surface area contributed by atoms with Crippen LogP contribution in [-0.2, 0) is 23.2 Å². The second kappa shape index (κ2) is 6.58. The number of hydrogen-bond acceptors (Lipinski definition) is 4. The van der Waals surface area contributed by atoms with E-state index in [1.54, 1.807) is 40.0 Å². The van der Waals surface area contributed by atoms with Crippen molar-refractivity contribution in [1.82, 2.24) is 4.90 Å². The minimum absolute atomic E-state index is 0.0934. The molecule has 5 nitrogen and oxygen atoms in total. The van der Waals surface area contributed by atoms with Crippen molar-refractivity contribution in [3.05, 3.63) is 64.5 Å². The van der Waals surface area contributed by atoms with Crippen LogP contribution >= 0.6 is 0 Å². The maximum absolute atomic E-state index is 15.0. The van der Waals surface area contributed by atoms with Gasteiger partial charge in [0.15, 0.2) is 5.96 Å². The highest BCUT2D eigenvalue weighted by Gasteiger charge is 2.53. The number of benzene rings is 2. The molecule has 0 unspecified atom stereocenters. The van der Waals surface area contributed by atoms with Crippen LogP contribution in [0.4, 0.5) is 4.39 Å². The zero-order valence-corrected chi connectivity index (χ0v) is 17.3. The van der Waals surface area contributed by atoms with E-state index in [1.807, 2.05) is 12.1 Å². The second-order valence-corrected chi connectivity index (χ2v) is 8.53. The van der Waals surface area contributed by atoms with Gasteiger partial charge in [0, 0.05) is 25.5 Å². The molecular weight excluding hydrogens is 369 g/mol. The molecule has 152 valence electrons. The molecule has 0 spiro atoms. The summed E-state index contributed by atoms with van der Waals surface area (Å²) in [5.41, 5.74) is 7.50. The third kappa shape index (κ3) is 2.89. The topological polar surface area (TPSA) is 67.9 Å². The van der Waals surface area contributed by atoms with Crippen molar-refractivity contribution in [1.29, 1.82) is 0 Å². The van der Waals surface area contributed by atoms with Gasteiger partial charge in [-0.25, -0.2) is 9.38 Å². The lowest BCUT2D eigenvalue weighted by Gasteiger charge is -2.46. The van der Waals surface area contributed by atoms with Crippen LogP contribution in [0.2, 0.25) is 0 Å². The summed E-state index contributed by atoms with van der Waals surface area (Å²) in [6.07, 6.45) is 1.52. The first-order valence-electron chi connectivity index (χ1n) is 9.81. The Hall–Kier alpha value is -2.89. The van der Waals surface area contributed by atoms with Crippen molar-refractivity contribution in [2.24, 2.45) is 16.1 Å². The zero-order valence-electron chi connectivity index (χ0n) is 17.3. The Morgan fingerprint density at radius 1 is 1.24 bits per heavy atom. The standard InChI is InChI=1S/C23H26FN3O2/c1-22(2)20(28)27(4)21(25)26-23(22,3)17-13-14(8-9-18(17)24)12-16-7-5-6-15-10-11-29-19(15)16/h5-9,13H,10-12H2,1-4H3,(H2,25,26)/t23-/m1/s1. The summed E-state index contributed by atoms with van der Waals surface area (Å²) in [7, 11) is 1.59. The summed E-state index contributed by atoms with van der Waals surface area (Å²) in [6.45, 7) is 6.03. The molecule has 29 heavy (non-hydrogen) atoms. The maximum Gasteiger partial charge on any atom is 0.237 e. The molecule has 1 atom stereocenters. The number of carbonyl (C=O) groups is 1. The third-order valence-corrected chi connectivity index (χ3v) is 6.48. The van der Waals surface area contributed by atoms with Gasteiger partial charge in [0.05, 0.1) is 12.0 Å². The van der Waals surface area contributed by atoms with Gasteiger partial charge in [-0.2, -0.15) is 0 Å². The average Bonchev–Trinajstić information content (AvgIpc) is 3.16. The van der Waals surface area contributed by atoms with E-state index in [-0.39, 0.29) is 11.9 Å². The summed E-state index contributed by atoms with van der Waals surface area (Å²) < 4.78 is 20.8. The number of aliphatic imine (C=N–C) groups is 1. The molecule has 4 rings (SSSR count). The van der Waals surface area contributed by atoms with Crippen LogP contribution in [0.25, 0.3) is 0 Å². The predicted octanol–water partition coefficient (Wildman–Crippen LogP) is 3.38. The van der Waals surface area contributed by atoms with Gasteiger partial charge in [-0.15, -0.1) is 0 Å². The number of para-hydroxylation sites is 1. The number of amides is 1. The van der Waals surface area contributed by atoms with Crippen LogP contribution in [0.15, 0.2) is 41.4 Å². The summed E-state index contributed by atoms with van der Waals surface area (Å²) in [5.74, 6) is 0.442. The van der Waals surface area contributed by atoms with Gasteiger partial charge >= 0.3 is 0 Å². The number of guanidine groups is 1. The molecular formula is C23H26FN3O2. The van der Waals surface area contributed by atoms with Crippen LogP contribution in [0.3, 0.4) is 0 Å². The highest BCUT2D eigenvalue weighted by molar-refractivity contribution is 6.01. The van der Waals surface area contributed by atoms with Crippen molar-refractivity contribution in [2.45, 2.75) is 39.2 Å². The second-order valence-electron chi connectivity index (χ2n) is 8.53. The molecule has 0 bridgehead atoms. The smallest absolute Gasteiger partial charge is 0.237 e. The monoisotopic (exact) mass is 395 g/mol. The molecule has 2 aromatic rings. The van der Waals surface area contributed by atoms with E-state index in [4.69, 9.17) is 10.5 Å². The minimum Gasteiger partial charge on any atom is -0.493 e. The highest BCUT2D eigenvalue weighted by Crippen LogP contribution is 2.47. The average molecular weight is 395 g/mol. The Morgan fingerprint density at radius 2 is 2.00 bits per heavy atom. The lowest BCUT2D eigenvalue weighted by Crippen LogP contribution is -2.58. The molecule has 2 aliphatic heterocycles. The Bertz CT molecular complexity index is 1030. The van der Waals surface area contributed by atoms with Crippen molar-refractivity contribution < 1.29 is 13.9 Å². The first kappa shape index (κ1) is 19.4. The van der Waals surface area contributed by atoms with Gasteiger partial charge in [-0.3, -0.25) is 9.69 Å². The van der Waals surface area contributed by atoms with E-state index < -0.39 is 16.8 Å². The van der Waals surface area contributed by atoms with Crippen molar-refractivity contribution in [3.8, 4) is 5.75 Å². The lowest BCUT2D eigenvalue weighted by atomic mass is 9.67. The van der Waals surface area contributed by atoms with Crippen molar-refractivity contribution >= 4 is 11.9 Å². The normalized spacial score (nSPS) is 22.9. The number of halogens is 1. The first-order chi connectivity index (χ1) is 13.6. The molecule has 2 N–H and O–H groups in total. The van der Waals surface area contributed by atoms with E-state index >= 15 is 0 Å². The van der Waals surface area contributed by atoms with E-state index in [0.717, 1.165) is 23.3 Å². The van der Waals surface area contributed by atoms with E-state index in [2.05, 4.69) is 11.1 Å². The fourth-order valence-electron chi connectivity index (χ4n) is 4.27. The molecule has 2 heterocycles. The number of fused-ring (bicyclic) bond motifs is 1. The predicted molar refractivity (Wildman–Crippen MR) is 110 cm³/mol. The number of nitrogens with zero attached hydrogens (tertiary/aromatic N) is 2. The van der Waals surface area contributed by atoms with Crippen LogP contribution in [-0.4, -0.2) is 30.4 Å². The number of hydrogen-bond donors (Lipinski definition) is 1. The quantitative estimate of drug-likeness (QED) is 0.866. The lowest BCUT2D eigenvalue weighted by molar-refractivity contribution is -0.140. The molecule has 0 saturated heterocycles. The summed E-state index contributed by atoms with van der Waals surface area (Å²) in [6, 6.07) is 11.2. The van der Waals surface area contributed by atoms with E-state index in [9.17, 15) is 9.18 Å².